The maximum atomic E-state index is 12.4. The molecule has 0 fully saturated rings. The molecule has 0 aliphatic carbocycles. The third-order valence-electron chi connectivity index (χ3n) is 5.71. The van der Waals surface area contributed by atoms with Crippen molar-refractivity contribution in [2.45, 2.75) is 46.1 Å². The molecule has 0 aromatic heterocycles. The average Bonchev–Trinajstić information content (AvgIpc) is 2.92. The van der Waals surface area contributed by atoms with Gasteiger partial charge in [-0.1, -0.05) is 6.07 Å². The number of ether oxygens (including phenoxy) is 4. The summed E-state index contributed by atoms with van der Waals surface area (Å²) in [5, 5.41) is 31.1. The number of aliphatic hydroxyl groups is 1. The molecule has 3 rings (SSSR count). The molecule has 15 heteroatoms. The summed E-state index contributed by atoms with van der Waals surface area (Å²) in [5.74, 6) is 0.132. The minimum Gasteiger partial charge on any atom is -0.490 e. The number of nitrogens with one attached hydrogen (secondary N) is 3. The van der Waals surface area contributed by atoms with Crippen LogP contribution in [0.25, 0.3) is 0 Å². The number of nitro benzene ring substituents is 1. The fourth-order valence-electron chi connectivity index (χ4n) is 3.98. The van der Waals surface area contributed by atoms with Gasteiger partial charge < -0.3 is 34.7 Å². The molecule has 2 aromatic rings. The molecule has 1 aliphatic rings. The van der Waals surface area contributed by atoms with Gasteiger partial charge in [0.25, 0.3) is 0 Å². The standard InChI is InChI=1S/C27H32BrN5O9/c1-6-40-21-11-17(24-23(26(35)39-5)15(4)30-27(36)31-24)7-8-20(21)41-13-22(34)32-29-12-16-9-18(28)25(42-14(2)3)19(10-16)33(37)38/h7-12,14,22,24,32,34H,6,13H2,1-5H3,(H2,30,31,36)/b29-12+/t22-,24-/m0/s1. The first-order valence-electron chi connectivity index (χ1n) is 12.8. The van der Waals surface area contributed by atoms with Gasteiger partial charge in [-0.05, 0) is 67.4 Å². The Balaban J connectivity index is 1.71. The first-order chi connectivity index (χ1) is 19.9. The molecule has 0 spiro atoms. The van der Waals surface area contributed by atoms with E-state index in [1.807, 2.05) is 0 Å². The number of esters is 1. The van der Waals surface area contributed by atoms with Crippen molar-refractivity contribution in [3.05, 3.63) is 67.3 Å². The lowest BCUT2D eigenvalue weighted by molar-refractivity contribution is -0.386. The highest BCUT2D eigenvalue weighted by Crippen LogP contribution is 2.37. The maximum absolute atomic E-state index is 12.4. The normalized spacial score (nSPS) is 15.6. The van der Waals surface area contributed by atoms with E-state index in [0.29, 0.717) is 39.4 Å². The molecule has 42 heavy (non-hydrogen) atoms. The van der Waals surface area contributed by atoms with Crippen LogP contribution in [0.15, 0.2) is 51.2 Å². The predicted octanol–water partition coefficient (Wildman–Crippen LogP) is 3.67. The molecule has 0 unspecified atom stereocenters. The number of nitro groups is 1. The summed E-state index contributed by atoms with van der Waals surface area (Å²) >= 11 is 3.29. The highest BCUT2D eigenvalue weighted by atomic mass is 79.9. The molecule has 2 atom stereocenters. The summed E-state index contributed by atoms with van der Waals surface area (Å²) in [6.07, 6.45) is -0.209. The lowest BCUT2D eigenvalue weighted by atomic mass is 9.95. The molecule has 1 heterocycles. The molecule has 0 bridgehead atoms. The van der Waals surface area contributed by atoms with Gasteiger partial charge in [0.2, 0.25) is 5.75 Å². The summed E-state index contributed by atoms with van der Waals surface area (Å²) in [6, 6.07) is 6.51. The second kappa shape index (κ2) is 14.5. The Morgan fingerprint density at radius 3 is 2.64 bits per heavy atom. The quantitative estimate of drug-likeness (QED) is 0.0821. The Morgan fingerprint density at radius 2 is 2.00 bits per heavy atom. The molecule has 4 N–H and O–H groups in total. The maximum Gasteiger partial charge on any atom is 0.337 e. The minimum atomic E-state index is -1.25. The Labute approximate surface area is 250 Å². The lowest BCUT2D eigenvalue weighted by Gasteiger charge is -2.28. The number of carbonyl (C=O) groups excluding carboxylic acids is 2. The van der Waals surface area contributed by atoms with Crippen molar-refractivity contribution in [2.75, 3.05) is 20.3 Å². The number of methoxy groups -OCH3 is 1. The van der Waals surface area contributed by atoms with Crippen LogP contribution in [-0.2, 0) is 9.53 Å². The van der Waals surface area contributed by atoms with E-state index in [-0.39, 0.29) is 29.7 Å². The van der Waals surface area contributed by atoms with E-state index < -0.39 is 29.2 Å². The van der Waals surface area contributed by atoms with Gasteiger partial charge in [0.1, 0.15) is 6.61 Å². The number of nitrogens with zero attached hydrogens (tertiary/aromatic N) is 2. The predicted molar refractivity (Wildman–Crippen MR) is 156 cm³/mol. The first-order valence-corrected chi connectivity index (χ1v) is 13.6. The van der Waals surface area contributed by atoms with E-state index >= 15 is 0 Å². The molecular weight excluding hydrogens is 618 g/mol. The van der Waals surface area contributed by atoms with Gasteiger partial charge >= 0.3 is 17.7 Å². The summed E-state index contributed by atoms with van der Waals surface area (Å²) in [7, 11) is 1.25. The molecule has 2 aromatic carbocycles. The first kappa shape index (κ1) is 32.1. The molecule has 2 amide bonds. The Bertz CT molecular complexity index is 1400. The second-order valence-corrected chi connectivity index (χ2v) is 10.0. The van der Waals surface area contributed by atoms with Crippen LogP contribution in [0.1, 0.15) is 44.9 Å². The number of benzene rings is 2. The average molecular weight is 650 g/mol. The van der Waals surface area contributed by atoms with Crippen LogP contribution in [0, 0.1) is 10.1 Å². The minimum absolute atomic E-state index is 0.111. The number of allylic oxidation sites excluding steroid dienone is 1. The summed E-state index contributed by atoms with van der Waals surface area (Å²) in [5.41, 5.74) is 3.81. The topological polar surface area (TPSA) is 183 Å². The molecule has 0 radical (unpaired) electrons. The van der Waals surface area contributed by atoms with Crippen molar-refractivity contribution in [1.29, 1.82) is 0 Å². The van der Waals surface area contributed by atoms with Crippen LogP contribution in [0.3, 0.4) is 0 Å². The summed E-state index contributed by atoms with van der Waals surface area (Å²) in [4.78, 5) is 35.5. The molecule has 1 aliphatic heterocycles. The van der Waals surface area contributed by atoms with E-state index in [4.69, 9.17) is 18.9 Å². The van der Waals surface area contributed by atoms with E-state index in [1.54, 1.807) is 52.0 Å². The van der Waals surface area contributed by atoms with E-state index in [0.717, 1.165) is 0 Å². The number of carbonyl (C=O) groups is 2. The highest BCUT2D eigenvalue weighted by molar-refractivity contribution is 9.10. The number of aliphatic hydroxyl groups excluding tert-OH is 1. The lowest BCUT2D eigenvalue weighted by Crippen LogP contribution is -2.45. The highest BCUT2D eigenvalue weighted by Gasteiger charge is 2.32. The zero-order chi connectivity index (χ0) is 31.0. The molecule has 0 saturated carbocycles. The van der Waals surface area contributed by atoms with Gasteiger partial charge in [0.15, 0.2) is 17.7 Å². The van der Waals surface area contributed by atoms with Gasteiger partial charge in [-0.25, -0.2) is 9.59 Å². The van der Waals surface area contributed by atoms with Gasteiger partial charge in [0.05, 0.1) is 47.0 Å². The van der Waals surface area contributed by atoms with Crippen LogP contribution >= 0.6 is 15.9 Å². The van der Waals surface area contributed by atoms with Crippen LogP contribution in [0.5, 0.6) is 17.2 Å². The zero-order valence-electron chi connectivity index (χ0n) is 23.6. The number of halogens is 1. The van der Waals surface area contributed by atoms with Gasteiger partial charge in [-0.3, -0.25) is 15.5 Å². The van der Waals surface area contributed by atoms with Gasteiger partial charge in [0, 0.05) is 17.3 Å². The van der Waals surface area contributed by atoms with E-state index in [9.17, 15) is 24.8 Å². The summed E-state index contributed by atoms with van der Waals surface area (Å²) in [6.45, 7) is 6.96. The Hall–Kier alpha value is -4.37. The SMILES string of the molecule is CCOc1cc([C@@H]2NC(=O)NC(C)=C2C(=O)OC)ccc1OC[C@H](O)N/N=C/c1cc(Br)c(OC(C)C)c([N+](=O)[O-])c1. The van der Waals surface area contributed by atoms with E-state index in [2.05, 4.69) is 37.1 Å². The Morgan fingerprint density at radius 1 is 1.26 bits per heavy atom. The van der Waals surface area contributed by atoms with Crippen molar-refractivity contribution in [1.82, 2.24) is 16.1 Å². The molecule has 0 saturated heterocycles. The summed E-state index contributed by atoms with van der Waals surface area (Å²) < 4.78 is 22.3. The smallest absolute Gasteiger partial charge is 0.337 e. The largest absolute Gasteiger partial charge is 0.490 e. The number of hydrogen-bond acceptors (Lipinski definition) is 11. The van der Waals surface area contributed by atoms with Crippen LogP contribution in [-0.4, -0.2) is 60.9 Å². The Kier molecular flexibility index (Phi) is 11.1. The number of hydrogen-bond donors (Lipinski definition) is 4. The third-order valence-corrected chi connectivity index (χ3v) is 6.29. The zero-order valence-corrected chi connectivity index (χ0v) is 25.2. The molecular formula is C27H32BrN5O9. The number of urea groups is 1. The molecule has 14 nitrogen and oxygen atoms in total. The second-order valence-electron chi connectivity index (χ2n) is 9.19. The van der Waals surface area contributed by atoms with Gasteiger partial charge in [-0.2, -0.15) is 5.10 Å². The monoisotopic (exact) mass is 649 g/mol. The van der Waals surface area contributed by atoms with Crippen molar-refractivity contribution >= 4 is 39.8 Å². The van der Waals surface area contributed by atoms with Crippen molar-refractivity contribution < 1.29 is 38.6 Å². The number of rotatable bonds is 13. The van der Waals surface area contributed by atoms with Crippen LogP contribution < -0.4 is 30.3 Å². The molecule has 226 valence electrons. The van der Waals surface area contributed by atoms with Crippen molar-refractivity contribution in [2.24, 2.45) is 5.10 Å². The van der Waals surface area contributed by atoms with Crippen LogP contribution in [0.4, 0.5) is 10.5 Å². The fourth-order valence-corrected chi connectivity index (χ4v) is 4.54. The van der Waals surface area contributed by atoms with Crippen LogP contribution in [0.2, 0.25) is 0 Å². The van der Waals surface area contributed by atoms with Gasteiger partial charge in [-0.15, -0.1) is 0 Å². The van der Waals surface area contributed by atoms with Crippen molar-refractivity contribution in [3.8, 4) is 17.2 Å². The number of amides is 2. The van der Waals surface area contributed by atoms with E-state index in [1.165, 1.54) is 19.4 Å². The third kappa shape index (κ3) is 8.10. The fraction of sp³-hybridized carbons (Fsp3) is 0.370. The van der Waals surface area contributed by atoms with Crippen molar-refractivity contribution in [3.63, 3.8) is 0 Å². The number of hydrazone groups is 1.